The van der Waals surface area contributed by atoms with Crippen molar-refractivity contribution in [3.63, 3.8) is 0 Å². The SMILES string of the molecule is CCO[N+](OCC)(OCC)OCC.O.[OH-]. The van der Waals surface area contributed by atoms with Gasteiger partial charge in [-0.25, -0.2) is 0 Å². The van der Waals surface area contributed by atoms with Crippen LogP contribution in [0.5, 0.6) is 0 Å². The van der Waals surface area contributed by atoms with E-state index >= 15 is 0 Å². The maximum atomic E-state index is 5.22. The lowest BCUT2D eigenvalue weighted by Crippen LogP contribution is -2.47. The number of nitrogens with zero attached hydrogens (tertiary/aromatic N) is 1. The van der Waals surface area contributed by atoms with Crippen LogP contribution in [0.25, 0.3) is 0 Å². The van der Waals surface area contributed by atoms with Gasteiger partial charge in [0.05, 0.1) is 0 Å². The third-order valence-corrected chi connectivity index (χ3v) is 1.15. The van der Waals surface area contributed by atoms with Crippen molar-refractivity contribution < 1.29 is 35.4 Å². The molecule has 7 heteroatoms. The van der Waals surface area contributed by atoms with E-state index in [2.05, 4.69) is 0 Å². The van der Waals surface area contributed by atoms with Crippen LogP contribution in [-0.2, 0) is 19.4 Å². The fraction of sp³-hybridized carbons (Fsp3) is 1.00. The Balaban J connectivity index is -0.000000720. The summed E-state index contributed by atoms with van der Waals surface area (Å²) in [6.45, 7) is 9.24. The molecule has 0 saturated heterocycles. The highest BCUT2D eigenvalue weighted by Crippen LogP contribution is 2.12. The molecule has 0 rings (SSSR count). The van der Waals surface area contributed by atoms with E-state index in [4.69, 9.17) is 19.4 Å². The van der Waals surface area contributed by atoms with Crippen LogP contribution < -0.4 is 0 Å². The predicted molar refractivity (Wildman–Crippen MR) is 52.3 cm³/mol. The first-order valence-corrected chi connectivity index (χ1v) is 4.71. The first-order valence-electron chi connectivity index (χ1n) is 4.71. The molecule has 0 aromatic rings. The minimum atomic E-state index is -0.625. The maximum absolute atomic E-state index is 5.22. The highest BCUT2D eigenvalue weighted by atomic mass is 17.4. The molecular weight excluding hydrogens is 206 g/mol. The number of hydrogen-bond acceptors (Lipinski definition) is 5. The van der Waals surface area contributed by atoms with Gasteiger partial charge in [-0.2, -0.15) is 0 Å². The van der Waals surface area contributed by atoms with Crippen molar-refractivity contribution in [3.8, 4) is 0 Å². The third kappa shape index (κ3) is 7.63. The molecule has 0 saturated carbocycles. The van der Waals surface area contributed by atoms with Crippen LogP contribution in [0.4, 0.5) is 0 Å². The Kier molecular flexibility index (Phi) is 15.9. The van der Waals surface area contributed by atoms with Crippen LogP contribution in [0.15, 0.2) is 0 Å². The van der Waals surface area contributed by atoms with Crippen molar-refractivity contribution in [1.82, 2.24) is 0 Å². The van der Waals surface area contributed by atoms with Crippen LogP contribution in [0.3, 0.4) is 0 Å². The molecule has 0 unspecified atom stereocenters. The largest absolute Gasteiger partial charge is 0.870 e. The second-order valence-corrected chi connectivity index (χ2v) is 2.12. The zero-order valence-electron chi connectivity index (χ0n) is 9.86. The van der Waals surface area contributed by atoms with Gasteiger partial charge in [-0.1, -0.05) is 19.4 Å². The molecule has 0 bridgehead atoms. The highest BCUT2D eigenvalue weighted by molar-refractivity contribution is 3.99. The van der Waals surface area contributed by atoms with Gasteiger partial charge in [-0.05, 0) is 27.7 Å². The van der Waals surface area contributed by atoms with E-state index < -0.39 is 5.14 Å². The first-order chi connectivity index (χ1) is 6.24. The van der Waals surface area contributed by atoms with Crippen molar-refractivity contribution in [2.24, 2.45) is 0 Å². The quantitative estimate of drug-likeness (QED) is 0.448. The Bertz CT molecular complexity index is 94.2. The van der Waals surface area contributed by atoms with Gasteiger partial charge in [0.1, 0.15) is 26.4 Å². The number of rotatable bonds is 8. The van der Waals surface area contributed by atoms with Gasteiger partial charge in [-0.3, -0.25) is 0 Å². The van der Waals surface area contributed by atoms with E-state index in [1.807, 2.05) is 27.7 Å². The monoisotopic (exact) mass is 229 g/mol. The van der Waals surface area contributed by atoms with E-state index in [0.717, 1.165) is 0 Å². The van der Waals surface area contributed by atoms with Gasteiger partial charge < -0.3 is 11.0 Å². The molecule has 0 radical (unpaired) electrons. The summed E-state index contributed by atoms with van der Waals surface area (Å²) in [5.74, 6) is 0. The lowest BCUT2D eigenvalue weighted by molar-refractivity contribution is -1.47. The molecule has 3 N–H and O–H groups in total. The van der Waals surface area contributed by atoms with Gasteiger partial charge in [0.15, 0.2) is 0 Å². The zero-order valence-corrected chi connectivity index (χ0v) is 9.86. The van der Waals surface area contributed by atoms with E-state index in [1.165, 1.54) is 0 Å². The summed E-state index contributed by atoms with van der Waals surface area (Å²) in [4.78, 5) is 20.9. The molecule has 0 heterocycles. The Morgan fingerprint density at radius 3 is 1.00 bits per heavy atom. The molecule has 0 aromatic carbocycles. The summed E-state index contributed by atoms with van der Waals surface area (Å²) < 4.78 is 0. The normalized spacial score (nSPS) is 10.4. The Labute approximate surface area is 90.5 Å². The smallest absolute Gasteiger partial charge is 0.247 e. The standard InChI is InChI=1S/C8H20NO4.2H2O/c1-5-10-9(11-6-2,12-7-3)13-8-4;;/h5-8H2,1-4H3;2*1H2/q+1;;/p-1. The molecule has 0 aliphatic heterocycles. The van der Waals surface area contributed by atoms with Gasteiger partial charge >= 0.3 is 0 Å². The fourth-order valence-corrected chi connectivity index (χ4v) is 0.856. The van der Waals surface area contributed by atoms with Crippen molar-refractivity contribution in [3.05, 3.63) is 0 Å². The van der Waals surface area contributed by atoms with Crippen molar-refractivity contribution >= 4 is 0 Å². The fourth-order valence-electron chi connectivity index (χ4n) is 0.856. The molecule has 0 spiro atoms. The van der Waals surface area contributed by atoms with Crippen molar-refractivity contribution in [2.45, 2.75) is 27.7 Å². The molecule has 96 valence electrons. The van der Waals surface area contributed by atoms with Crippen LogP contribution in [-0.4, -0.2) is 42.5 Å². The molecule has 15 heavy (non-hydrogen) atoms. The Morgan fingerprint density at radius 1 is 0.667 bits per heavy atom. The highest BCUT2D eigenvalue weighted by Gasteiger charge is 2.36. The molecule has 0 amide bonds. The van der Waals surface area contributed by atoms with Gasteiger partial charge in [-0.15, -0.1) is 0 Å². The minimum absolute atomic E-state index is 0. The average Bonchev–Trinajstić information content (AvgIpc) is 2.06. The Morgan fingerprint density at radius 2 is 0.867 bits per heavy atom. The molecule has 0 aromatic heterocycles. The predicted octanol–water partition coefficient (Wildman–Crippen LogP) is 0.608. The molecule has 0 atom stereocenters. The van der Waals surface area contributed by atoms with E-state index in [-0.39, 0.29) is 11.0 Å². The molecular formula is C8H23NO6. The molecule has 0 fully saturated rings. The van der Waals surface area contributed by atoms with E-state index in [0.29, 0.717) is 26.4 Å². The average molecular weight is 229 g/mol. The second kappa shape index (κ2) is 11.8. The summed E-state index contributed by atoms with van der Waals surface area (Å²) in [5.41, 5.74) is 0. The van der Waals surface area contributed by atoms with Crippen LogP contribution in [0.1, 0.15) is 27.7 Å². The molecule has 0 aliphatic rings. The van der Waals surface area contributed by atoms with Gasteiger partial charge in [0.2, 0.25) is 5.14 Å². The zero-order chi connectivity index (χ0) is 10.2. The van der Waals surface area contributed by atoms with Gasteiger partial charge in [0, 0.05) is 0 Å². The second-order valence-electron chi connectivity index (χ2n) is 2.12. The van der Waals surface area contributed by atoms with Crippen molar-refractivity contribution in [1.29, 1.82) is 0 Å². The minimum Gasteiger partial charge on any atom is -0.870 e. The first kappa shape index (κ1) is 20.2. The van der Waals surface area contributed by atoms with Crippen LogP contribution in [0.2, 0.25) is 0 Å². The summed E-state index contributed by atoms with van der Waals surface area (Å²) in [6.07, 6.45) is 0. The summed E-state index contributed by atoms with van der Waals surface area (Å²) in [7, 11) is 0. The molecule has 7 nitrogen and oxygen atoms in total. The number of quaternary nitrogens is 1. The lowest BCUT2D eigenvalue weighted by atomic mass is 10.9. The summed E-state index contributed by atoms with van der Waals surface area (Å²) in [5, 5.41) is -0.625. The summed E-state index contributed by atoms with van der Waals surface area (Å²) >= 11 is 0. The Hall–Kier alpha value is -0.280. The summed E-state index contributed by atoms with van der Waals surface area (Å²) in [6, 6.07) is 0. The number of hydrogen-bond donors (Lipinski definition) is 0. The van der Waals surface area contributed by atoms with Crippen LogP contribution >= 0.6 is 0 Å². The third-order valence-electron chi connectivity index (χ3n) is 1.15. The van der Waals surface area contributed by atoms with Crippen molar-refractivity contribution in [2.75, 3.05) is 26.4 Å². The topological polar surface area (TPSA) is 98.4 Å². The molecule has 0 aliphatic carbocycles. The van der Waals surface area contributed by atoms with E-state index in [9.17, 15) is 0 Å². The maximum Gasteiger partial charge on any atom is 0.247 e. The van der Waals surface area contributed by atoms with Gasteiger partial charge in [0.25, 0.3) is 0 Å². The van der Waals surface area contributed by atoms with E-state index in [1.54, 1.807) is 0 Å². The van der Waals surface area contributed by atoms with Crippen LogP contribution in [0, 0.1) is 0 Å². The lowest BCUT2D eigenvalue weighted by Gasteiger charge is -2.23.